The van der Waals surface area contributed by atoms with Crippen LogP contribution in [0.3, 0.4) is 0 Å². The lowest BCUT2D eigenvalue weighted by molar-refractivity contribution is -0.274. The Hall–Kier alpha value is -1.02. The lowest BCUT2D eigenvalue weighted by atomic mass is 10.3. The standard InChI is InChI=1S/C7H7BrF3N3O/c8-5-1-4(15-7(9,10)11)6(13)3(2-12)14-5/h1H,2,12-13H2. The zero-order chi connectivity index (χ0) is 11.6. The second-order valence-electron chi connectivity index (χ2n) is 2.56. The number of pyridine rings is 1. The van der Waals surface area contributed by atoms with Gasteiger partial charge in [0.2, 0.25) is 0 Å². The third kappa shape index (κ3) is 3.24. The molecule has 0 bridgehead atoms. The molecule has 0 saturated carbocycles. The van der Waals surface area contributed by atoms with Crippen LogP contribution in [0.5, 0.6) is 5.75 Å². The molecule has 1 aromatic rings. The molecule has 0 radical (unpaired) electrons. The summed E-state index contributed by atoms with van der Waals surface area (Å²) in [6, 6.07) is 1.03. The molecule has 4 nitrogen and oxygen atoms in total. The number of ether oxygens (including phenoxy) is 1. The topological polar surface area (TPSA) is 74.2 Å². The molecular weight excluding hydrogens is 279 g/mol. The molecule has 1 rings (SSSR count). The van der Waals surface area contributed by atoms with Crippen LogP contribution in [0.4, 0.5) is 18.9 Å². The summed E-state index contributed by atoms with van der Waals surface area (Å²) in [6.45, 7) is -0.0699. The first kappa shape index (κ1) is 12.1. The van der Waals surface area contributed by atoms with Gasteiger partial charge in [-0.2, -0.15) is 0 Å². The minimum Gasteiger partial charge on any atom is -0.403 e. The lowest BCUT2D eigenvalue weighted by Gasteiger charge is -2.13. The van der Waals surface area contributed by atoms with Gasteiger partial charge >= 0.3 is 6.36 Å². The first-order valence-corrected chi connectivity index (χ1v) is 4.53. The monoisotopic (exact) mass is 285 g/mol. The molecule has 0 unspecified atom stereocenters. The van der Waals surface area contributed by atoms with E-state index in [1.54, 1.807) is 0 Å². The molecule has 0 atom stereocenters. The van der Waals surface area contributed by atoms with E-state index in [0.717, 1.165) is 6.07 Å². The molecule has 1 heterocycles. The van der Waals surface area contributed by atoms with E-state index in [2.05, 4.69) is 25.7 Å². The summed E-state index contributed by atoms with van der Waals surface area (Å²) in [6.07, 6.45) is -4.79. The molecule has 0 aromatic carbocycles. The number of rotatable bonds is 2. The molecule has 0 aliphatic carbocycles. The molecule has 0 fully saturated rings. The normalized spacial score (nSPS) is 11.5. The van der Waals surface area contributed by atoms with Crippen molar-refractivity contribution in [2.45, 2.75) is 12.9 Å². The molecule has 0 aliphatic rings. The fraction of sp³-hybridized carbons (Fsp3) is 0.286. The van der Waals surface area contributed by atoms with E-state index in [9.17, 15) is 13.2 Å². The zero-order valence-electron chi connectivity index (χ0n) is 7.31. The fourth-order valence-electron chi connectivity index (χ4n) is 0.914. The average Bonchev–Trinajstić information content (AvgIpc) is 2.08. The highest BCUT2D eigenvalue weighted by molar-refractivity contribution is 9.10. The van der Waals surface area contributed by atoms with E-state index in [1.807, 2.05) is 0 Å². The lowest BCUT2D eigenvalue weighted by Crippen LogP contribution is -2.19. The van der Waals surface area contributed by atoms with Crippen LogP contribution in [-0.2, 0) is 6.54 Å². The highest BCUT2D eigenvalue weighted by atomic mass is 79.9. The Morgan fingerprint density at radius 2 is 2.07 bits per heavy atom. The van der Waals surface area contributed by atoms with E-state index in [1.165, 1.54) is 0 Å². The van der Waals surface area contributed by atoms with Gasteiger partial charge in [0.25, 0.3) is 0 Å². The van der Waals surface area contributed by atoms with Crippen LogP contribution in [0.2, 0.25) is 0 Å². The Bertz CT molecular complexity index is 369. The van der Waals surface area contributed by atoms with E-state index in [4.69, 9.17) is 11.5 Å². The number of nitrogens with zero attached hydrogens (tertiary/aromatic N) is 1. The predicted molar refractivity (Wildman–Crippen MR) is 50.9 cm³/mol. The molecule has 8 heteroatoms. The number of hydrogen-bond donors (Lipinski definition) is 2. The van der Waals surface area contributed by atoms with Crippen molar-refractivity contribution < 1.29 is 17.9 Å². The number of alkyl halides is 3. The highest BCUT2D eigenvalue weighted by Crippen LogP contribution is 2.31. The summed E-state index contributed by atoms with van der Waals surface area (Å²) in [5.41, 5.74) is 10.6. The van der Waals surface area contributed by atoms with Crippen LogP contribution in [0.1, 0.15) is 5.69 Å². The van der Waals surface area contributed by atoms with Gasteiger partial charge in [-0.3, -0.25) is 0 Å². The largest absolute Gasteiger partial charge is 0.573 e. The Morgan fingerprint density at radius 3 is 2.53 bits per heavy atom. The van der Waals surface area contributed by atoms with Gasteiger partial charge < -0.3 is 16.2 Å². The summed E-state index contributed by atoms with van der Waals surface area (Å²) < 4.78 is 39.7. The number of nitrogens with two attached hydrogens (primary N) is 2. The van der Waals surface area contributed by atoms with Crippen molar-refractivity contribution in [1.82, 2.24) is 4.98 Å². The van der Waals surface area contributed by atoms with Crippen LogP contribution in [0.25, 0.3) is 0 Å². The third-order valence-corrected chi connectivity index (χ3v) is 1.89. The minimum atomic E-state index is -4.79. The van der Waals surface area contributed by atoms with Gasteiger partial charge in [0.05, 0.1) is 11.4 Å². The maximum absolute atomic E-state index is 11.9. The van der Waals surface area contributed by atoms with Crippen molar-refractivity contribution in [2.24, 2.45) is 5.73 Å². The number of hydrogen-bond acceptors (Lipinski definition) is 4. The van der Waals surface area contributed by atoms with Gasteiger partial charge in [0.1, 0.15) is 4.60 Å². The Kier molecular flexibility index (Phi) is 3.40. The van der Waals surface area contributed by atoms with Crippen molar-refractivity contribution in [2.75, 3.05) is 5.73 Å². The quantitative estimate of drug-likeness (QED) is 0.813. The molecule has 15 heavy (non-hydrogen) atoms. The molecular formula is C7H7BrF3N3O. The smallest absolute Gasteiger partial charge is 0.403 e. The van der Waals surface area contributed by atoms with Crippen molar-refractivity contribution >= 4 is 21.6 Å². The average molecular weight is 286 g/mol. The minimum absolute atomic E-state index is 0.0699. The van der Waals surface area contributed by atoms with E-state index < -0.39 is 12.1 Å². The second-order valence-corrected chi connectivity index (χ2v) is 3.37. The van der Waals surface area contributed by atoms with Gasteiger partial charge in [-0.25, -0.2) is 4.98 Å². The fourth-order valence-corrected chi connectivity index (χ4v) is 1.34. The van der Waals surface area contributed by atoms with Gasteiger partial charge in [0.15, 0.2) is 5.75 Å². The van der Waals surface area contributed by atoms with Gasteiger partial charge in [-0.15, -0.1) is 13.2 Å². The summed E-state index contributed by atoms with van der Waals surface area (Å²) in [5, 5.41) is 0. The molecule has 0 amide bonds. The van der Waals surface area contributed by atoms with Gasteiger partial charge in [-0.1, -0.05) is 0 Å². The van der Waals surface area contributed by atoms with Crippen molar-refractivity contribution in [3.8, 4) is 5.75 Å². The molecule has 0 saturated heterocycles. The molecule has 1 aromatic heterocycles. The van der Waals surface area contributed by atoms with Crippen molar-refractivity contribution in [3.05, 3.63) is 16.4 Å². The second kappa shape index (κ2) is 4.23. The van der Waals surface area contributed by atoms with Crippen molar-refractivity contribution in [3.63, 3.8) is 0 Å². The Balaban J connectivity index is 3.12. The Morgan fingerprint density at radius 1 is 1.47 bits per heavy atom. The summed E-state index contributed by atoms with van der Waals surface area (Å²) in [4.78, 5) is 3.80. The number of aromatic nitrogens is 1. The number of anilines is 1. The van der Waals surface area contributed by atoms with Gasteiger partial charge in [0, 0.05) is 12.6 Å². The first-order valence-electron chi connectivity index (χ1n) is 3.74. The van der Waals surface area contributed by atoms with Crippen LogP contribution < -0.4 is 16.2 Å². The van der Waals surface area contributed by atoms with Crippen LogP contribution in [-0.4, -0.2) is 11.3 Å². The zero-order valence-corrected chi connectivity index (χ0v) is 8.89. The number of nitrogen functional groups attached to an aromatic ring is 1. The van der Waals surface area contributed by atoms with E-state index in [0.29, 0.717) is 0 Å². The maximum Gasteiger partial charge on any atom is 0.573 e. The van der Waals surface area contributed by atoms with Crippen LogP contribution >= 0.6 is 15.9 Å². The van der Waals surface area contributed by atoms with Crippen molar-refractivity contribution in [1.29, 1.82) is 0 Å². The number of halogens is 4. The van der Waals surface area contributed by atoms with Gasteiger partial charge in [-0.05, 0) is 15.9 Å². The summed E-state index contributed by atoms with van der Waals surface area (Å²) in [5.74, 6) is -0.509. The molecule has 0 spiro atoms. The molecule has 0 aliphatic heterocycles. The van der Waals surface area contributed by atoms with Crippen LogP contribution in [0.15, 0.2) is 10.7 Å². The third-order valence-electron chi connectivity index (χ3n) is 1.49. The molecule has 84 valence electrons. The predicted octanol–water partition coefficient (Wildman–Crippen LogP) is 1.78. The Labute approximate surface area is 91.5 Å². The van der Waals surface area contributed by atoms with E-state index >= 15 is 0 Å². The summed E-state index contributed by atoms with van der Waals surface area (Å²) in [7, 11) is 0. The first-order chi connectivity index (χ1) is 6.83. The van der Waals surface area contributed by atoms with E-state index in [-0.39, 0.29) is 22.5 Å². The highest BCUT2D eigenvalue weighted by Gasteiger charge is 2.32. The summed E-state index contributed by atoms with van der Waals surface area (Å²) >= 11 is 2.93. The van der Waals surface area contributed by atoms with Crippen LogP contribution in [0, 0.1) is 0 Å². The molecule has 4 N–H and O–H groups in total. The SMILES string of the molecule is NCc1nc(Br)cc(OC(F)(F)F)c1N. The maximum atomic E-state index is 11.9.